The largest absolute Gasteiger partial charge is 0.477 e. The molecule has 5 rings (SSSR count). The van der Waals surface area contributed by atoms with Crippen LogP contribution in [-0.4, -0.2) is 11.1 Å². The molecule has 4 heteroatoms. The van der Waals surface area contributed by atoms with Crippen molar-refractivity contribution >= 4 is 41.3 Å². The van der Waals surface area contributed by atoms with Gasteiger partial charge in [0.2, 0.25) is 0 Å². The molecular formula is C40H34N2O2. The maximum Gasteiger partial charge on any atom is 0.346 e. The molecule has 0 bridgehead atoms. The van der Waals surface area contributed by atoms with Crippen molar-refractivity contribution < 1.29 is 9.90 Å². The molecule has 0 heterocycles. The Morgan fingerprint density at radius 2 is 1.07 bits per heavy atom. The van der Waals surface area contributed by atoms with E-state index in [0.717, 1.165) is 27.9 Å². The van der Waals surface area contributed by atoms with Crippen LogP contribution >= 0.6 is 0 Å². The van der Waals surface area contributed by atoms with Gasteiger partial charge in [0.1, 0.15) is 11.6 Å². The molecule has 0 spiro atoms. The molecule has 0 saturated carbocycles. The lowest BCUT2D eigenvalue weighted by atomic mass is 10.0. The fourth-order valence-corrected chi connectivity index (χ4v) is 5.31. The molecule has 5 aromatic rings. The number of aliphatic carboxylic acids is 1. The first-order valence-corrected chi connectivity index (χ1v) is 14.5. The van der Waals surface area contributed by atoms with Gasteiger partial charge >= 0.3 is 5.97 Å². The number of anilines is 3. The number of nitrogens with zero attached hydrogens (tertiary/aromatic N) is 2. The SMILES string of the molecule is Cc1ccc(N(c2ccc(/C=C/c3ccc(-c4ccc(/C=C(/C#N)C(=O)O)cc4)cc3)cc2)c2ccc(C)cc2C)c(C)c1. The minimum Gasteiger partial charge on any atom is -0.477 e. The maximum atomic E-state index is 11.1. The molecule has 0 aliphatic carbocycles. The molecule has 5 aromatic carbocycles. The van der Waals surface area contributed by atoms with E-state index in [-0.39, 0.29) is 5.57 Å². The summed E-state index contributed by atoms with van der Waals surface area (Å²) < 4.78 is 0. The lowest BCUT2D eigenvalue weighted by molar-refractivity contribution is -0.132. The lowest BCUT2D eigenvalue weighted by Gasteiger charge is -2.29. The first-order valence-electron chi connectivity index (χ1n) is 14.5. The van der Waals surface area contributed by atoms with Crippen molar-refractivity contribution in [3.05, 3.63) is 154 Å². The van der Waals surface area contributed by atoms with Gasteiger partial charge in [-0.15, -0.1) is 0 Å². The standard InChI is InChI=1S/C40H34N2O2/c1-27-5-21-38(29(3)23-27)42(39-22-6-28(2)24-30(39)4)37-19-13-32(14-20-37)8-7-31-9-15-34(16-10-31)35-17-11-33(12-18-35)25-36(26-41)40(43)44/h5-25H,1-4H3,(H,43,44)/b8-7+,36-25-. The van der Waals surface area contributed by atoms with Crippen LogP contribution in [0.2, 0.25) is 0 Å². The van der Waals surface area contributed by atoms with Crippen LogP contribution < -0.4 is 4.90 Å². The summed E-state index contributed by atoms with van der Waals surface area (Å²) in [4.78, 5) is 13.4. The van der Waals surface area contributed by atoms with Gasteiger partial charge in [-0.25, -0.2) is 4.79 Å². The van der Waals surface area contributed by atoms with Crippen molar-refractivity contribution in [2.24, 2.45) is 0 Å². The number of hydrogen-bond acceptors (Lipinski definition) is 3. The van der Waals surface area contributed by atoms with Crippen molar-refractivity contribution in [3.63, 3.8) is 0 Å². The van der Waals surface area contributed by atoms with Gasteiger partial charge in [0, 0.05) is 17.1 Å². The van der Waals surface area contributed by atoms with Crippen LogP contribution in [0.25, 0.3) is 29.4 Å². The number of carboxylic acid groups (broad SMARTS) is 1. The van der Waals surface area contributed by atoms with E-state index in [4.69, 9.17) is 10.4 Å². The van der Waals surface area contributed by atoms with Crippen LogP contribution in [0.15, 0.2) is 115 Å². The van der Waals surface area contributed by atoms with Crippen LogP contribution in [0.1, 0.15) is 38.9 Å². The van der Waals surface area contributed by atoms with Crippen molar-refractivity contribution in [3.8, 4) is 17.2 Å². The molecule has 1 N–H and O–H groups in total. The molecule has 0 aromatic heterocycles. The topological polar surface area (TPSA) is 64.3 Å². The van der Waals surface area contributed by atoms with Gasteiger partial charge in [-0.3, -0.25) is 0 Å². The van der Waals surface area contributed by atoms with E-state index in [1.54, 1.807) is 6.07 Å². The average molecular weight is 575 g/mol. The van der Waals surface area contributed by atoms with E-state index >= 15 is 0 Å². The zero-order valence-electron chi connectivity index (χ0n) is 25.4. The third-order valence-corrected chi connectivity index (χ3v) is 7.62. The molecule has 0 atom stereocenters. The van der Waals surface area contributed by atoms with Crippen molar-refractivity contribution in [2.45, 2.75) is 27.7 Å². The summed E-state index contributed by atoms with van der Waals surface area (Å²) in [6.45, 7) is 8.59. The van der Waals surface area contributed by atoms with E-state index in [9.17, 15) is 4.79 Å². The number of aryl methyl sites for hydroxylation is 4. The third kappa shape index (κ3) is 6.86. The number of carbonyl (C=O) groups is 1. The van der Waals surface area contributed by atoms with Gasteiger partial charge < -0.3 is 10.0 Å². The maximum absolute atomic E-state index is 11.1. The number of benzene rings is 5. The minimum absolute atomic E-state index is 0.288. The van der Waals surface area contributed by atoms with Gasteiger partial charge in [-0.05, 0) is 97.0 Å². The normalized spacial score (nSPS) is 11.4. The number of rotatable bonds is 8. The van der Waals surface area contributed by atoms with Gasteiger partial charge in [0.05, 0.1) is 0 Å². The summed E-state index contributed by atoms with van der Waals surface area (Å²) in [5.41, 5.74) is 13.1. The molecule has 0 aliphatic heterocycles. The molecule has 0 unspecified atom stereocenters. The zero-order chi connectivity index (χ0) is 31.2. The molecule has 0 aliphatic rings. The van der Waals surface area contributed by atoms with Gasteiger partial charge in [-0.2, -0.15) is 5.26 Å². The number of nitriles is 1. The highest BCUT2D eigenvalue weighted by Crippen LogP contribution is 2.39. The van der Waals surface area contributed by atoms with E-state index in [1.807, 2.05) is 24.3 Å². The Labute approximate surface area is 259 Å². The van der Waals surface area contributed by atoms with Crippen LogP contribution in [0.3, 0.4) is 0 Å². The summed E-state index contributed by atoms with van der Waals surface area (Å²) in [6.07, 6.45) is 5.60. The Hall–Kier alpha value is -5.66. The Morgan fingerprint density at radius 3 is 1.48 bits per heavy atom. The van der Waals surface area contributed by atoms with Crippen LogP contribution in [0.5, 0.6) is 0 Å². The second-order valence-corrected chi connectivity index (χ2v) is 11.1. The van der Waals surface area contributed by atoms with Gasteiger partial charge in [0.15, 0.2) is 0 Å². The quantitative estimate of drug-likeness (QED) is 0.114. The lowest BCUT2D eigenvalue weighted by Crippen LogP contribution is -2.12. The first kappa shape index (κ1) is 29.8. The van der Waals surface area contributed by atoms with E-state index < -0.39 is 5.97 Å². The highest BCUT2D eigenvalue weighted by atomic mass is 16.4. The molecule has 0 amide bonds. The average Bonchev–Trinajstić information content (AvgIpc) is 3.02. The smallest absolute Gasteiger partial charge is 0.346 e. The molecule has 0 radical (unpaired) electrons. The summed E-state index contributed by atoms with van der Waals surface area (Å²) >= 11 is 0. The fraction of sp³-hybridized carbons (Fsp3) is 0.100. The molecular weight excluding hydrogens is 540 g/mol. The Morgan fingerprint density at radius 1 is 0.636 bits per heavy atom. The highest BCUT2D eigenvalue weighted by Gasteiger charge is 2.16. The first-order chi connectivity index (χ1) is 21.2. The summed E-state index contributed by atoms with van der Waals surface area (Å²) in [5, 5.41) is 18.0. The van der Waals surface area contributed by atoms with Gasteiger partial charge in [-0.1, -0.05) is 108 Å². The van der Waals surface area contributed by atoms with Crippen molar-refractivity contribution in [2.75, 3.05) is 4.90 Å². The van der Waals surface area contributed by atoms with Crippen LogP contribution in [-0.2, 0) is 4.79 Å². The number of hydrogen-bond donors (Lipinski definition) is 1. The molecule has 0 fully saturated rings. The monoisotopic (exact) mass is 574 g/mol. The van der Waals surface area contributed by atoms with Crippen molar-refractivity contribution in [1.29, 1.82) is 5.26 Å². The van der Waals surface area contributed by atoms with Gasteiger partial charge in [0.25, 0.3) is 0 Å². The third-order valence-electron chi connectivity index (χ3n) is 7.62. The van der Waals surface area contributed by atoms with Crippen LogP contribution in [0, 0.1) is 39.0 Å². The highest BCUT2D eigenvalue weighted by molar-refractivity contribution is 5.96. The predicted octanol–water partition coefficient (Wildman–Crippen LogP) is 10.2. The summed E-state index contributed by atoms with van der Waals surface area (Å²) in [7, 11) is 0. The van der Waals surface area contributed by atoms with Crippen molar-refractivity contribution in [1.82, 2.24) is 0 Å². The second kappa shape index (κ2) is 13.1. The number of carboxylic acids is 1. The summed E-state index contributed by atoms with van der Waals surface area (Å²) in [6, 6.07) is 39.3. The fourth-order valence-electron chi connectivity index (χ4n) is 5.31. The van der Waals surface area contributed by atoms with E-state index in [1.165, 1.54) is 39.7 Å². The molecule has 216 valence electrons. The zero-order valence-corrected chi connectivity index (χ0v) is 25.4. The molecule has 4 nitrogen and oxygen atoms in total. The minimum atomic E-state index is -1.23. The van der Waals surface area contributed by atoms with E-state index in [0.29, 0.717) is 5.56 Å². The molecule has 44 heavy (non-hydrogen) atoms. The Balaban J connectivity index is 1.34. The Bertz CT molecular complexity index is 1860. The van der Waals surface area contributed by atoms with Crippen LogP contribution in [0.4, 0.5) is 17.1 Å². The van der Waals surface area contributed by atoms with E-state index in [2.05, 4.69) is 130 Å². The summed E-state index contributed by atoms with van der Waals surface area (Å²) in [5.74, 6) is -1.23. The Kier molecular flexibility index (Phi) is 8.88. The molecule has 0 saturated heterocycles. The predicted molar refractivity (Wildman–Crippen MR) is 182 cm³/mol. The second-order valence-electron chi connectivity index (χ2n) is 11.1.